The molecule has 1 N–H and O–H groups in total. The summed E-state index contributed by atoms with van der Waals surface area (Å²) in [5.41, 5.74) is 1.54. The van der Waals surface area contributed by atoms with E-state index in [2.05, 4.69) is 15.9 Å². The Hall–Kier alpha value is -2.96. The molecular formula is C25H22BrNO4. The smallest absolute Gasteiger partial charge is 0.264 e. The molecule has 1 aliphatic rings. The zero-order valence-electron chi connectivity index (χ0n) is 17.3. The van der Waals surface area contributed by atoms with E-state index in [9.17, 15) is 14.7 Å². The van der Waals surface area contributed by atoms with E-state index < -0.39 is 11.5 Å². The Morgan fingerprint density at radius 3 is 2.55 bits per heavy atom. The number of benzene rings is 3. The van der Waals surface area contributed by atoms with E-state index in [1.165, 1.54) is 7.11 Å². The molecule has 0 aliphatic carbocycles. The number of anilines is 1. The van der Waals surface area contributed by atoms with Gasteiger partial charge in [0.05, 0.1) is 25.8 Å². The zero-order chi connectivity index (χ0) is 22.2. The standard InChI is InChI=1S/C25H22BrNO4/c1-16-6-8-17(9-7-16)15-27-22-11-10-19(26)13-21(22)25(30,24(27)29)14-23(28)18-4-3-5-20(12-18)31-2/h3-13,30H,14-15H2,1-2H3/t25-/m0/s1. The number of amides is 1. The maximum atomic E-state index is 13.4. The number of carbonyl (C=O) groups is 2. The van der Waals surface area contributed by atoms with Crippen LogP contribution in [-0.4, -0.2) is 23.9 Å². The Kier molecular flexibility index (Phi) is 5.69. The number of carbonyl (C=O) groups excluding carboxylic acids is 2. The highest BCUT2D eigenvalue weighted by atomic mass is 79.9. The number of ether oxygens (including phenoxy) is 1. The second-order valence-electron chi connectivity index (χ2n) is 7.73. The van der Waals surface area contributed by atoms with E-state index in [1.807, 2.05) is 37.3 Å². The summed E-state index contributed by atoms with van der Waals surface area (Å²) in [4.78, 5) is 28.0. The van der Waals surface area contributed by atoms with Crippen LogP contribution in [0.3, 0.4) is 0 Å². The van der Waals surface area contributed by atoms with Crippen LogP contribution in [0.1, 0.15) is 33.5 Å². The van der Waals surface area contributed by atoms with Crippen LogP contribution in [0, 0.1) is 6.92 Å². The summed E-state index contributed by atoms with van der Waals surface area (Å²) in [6, 6.07) is 19.9. The largest absolute Gasteiger partial charge is 0.497 e. The van der Waals surface area contributed by atoms with Crippen LogP contribution in [0.4, 0.5) is 5.69 Å². The molecule has 5 nitrogen and oxygen atoms in total. The van der Waals surface area contributed by atoms with Gasteiger partial charge in [0.1, 0.15) is 5.75 Å². The lowest BCUT2D eigenvalue weighted by molar-refractivity contribution is -0.136. The van der Waals surface area contributed by atoms with Gasteiger partial charge in [-0.3, -0.25) is 9.59 Å². The first kappa shape index (κ1) is 21.3. The van der Waals surface area contributed by atoms with Crippen molar-refractivity contribution in [1.29, 1.82) is 0 Å². The molecular weight excluding hydrogens is 458 g/mol. The number of hydrogen-bond acceptors (Lipinski definition) is 4. The average Bonchev–Trinajstić information content (AvgIpc) is 2.96. The second kappa shape index (κ2) is 8.29. The molecule has 0 radical (unpaired) electrons. The van der Waals surface area contributed by atoms with Crippen LogP contribution in [0.5, 0.6) is 5.75 Å². The molecule has 0 saturated heterocycles. The van der Waals surface area contributed by atoms with E-state index in [0.29, 0.717) is 29.1 Å². The summed E-state index contributed by atoms with van der Waals surface area (Å²) < 4.78 is 5.91. The summed E-state index contributed by atoms with van der Waals surface area (Å²) in [7, 11) is 1.52. The minimum absolute atomic E-state index is 0.309. The topological polar surface area (TPSA) is 66.8 Å². The van der Waals surface area contributed by atoms with Crippen LogP contribution in [0.2, 0.25) is 0 Å². The molecule has 3 aromatic rings. The minimum Gasteiger partial charge on any atom is -0.497 e. The lowest BCUT2D eigenvalue weighted by Crippen LogP contribution is -2.41. The van der Waals surface area contributed by atoms with Crippen molar-refractivity contribution in [3.05, 3.63) is 93.5 Å². The van der Waals surface area contributed by atoms with Crippen LogP contribution < -0.4 is 9.64 Å². The molecule has 0 fully saturated rings. The number of rotatable bonds is 6. The predicted molar refractivity (Wildman–Crippen MR) is 122 cm³/mol. The quantitative estimate of drug-likeness (QED) is 0.516. The maximum Gasteiger partial charge on any atom is 0.264 e. The van der Waals surface area contributed by atoms with Gasteiger partial charge in [0.15, 0.2) is 11.4 Å². The van der Waals surface area contributed by atoms with Crippen molar-refractivity contribution in [2.45, 2.75) is 25.5 Å². The summed E-state index contributed by atoms with van der Waals surface area (Å²) in [5.74, 6) is -0.296. The van der Waals surface area contributed by atoms with Crippen molar-refractivity contribution in [1.82, 2.24) is 0 Å². The van der Waals surface area contributed by atoms with Gasteiger partial charge in [-0.25, -0.2) is 0 Å². The van der Waals surface area contributed by atoms with Gasteiger partial charge in [-0.05, 0) is 42.8 Å². The molecule has 158 valence electrons. The van der Waals surface area contributed by atoms with Gasteiger partial charge in [-0.15, -0.1) is 0 Å². The number of aryl methyl sites for hydroxylation is 1. The highest BCUT2D eigenvalue weighted by molar-refractivity contribution is 9.10. The number of fused-ring (bicyclic) bond motifs is 1. The van der Waals surface area contributed by atoms with Gasteiger partial charge in [-0.1, -0.05) is 57.9 Å². The van der Waals surface area contributed by atoms with Crippen molar-refractivity contribution in [2.24, 2.45) is 0 Å². The van der Waals surface area contributed by atoms with Crippen LogP contribution in [0.25, 0.3) is 0 Å². The number of nitrogens with zero attached hydrogens (tertiary/aromatic N) is 1. The van der Waals surface area contributed by atoms with Gasteiger partial charge in [0.2, 0.25) is 0 Å². The third-order valence-corrected chi connectivity index (χ3v) is 6.06. The molecule has 0 aromatic heterocycles. The van der Waals surface area contributed by atoms with E-state index >= 15 is 0 Å². The number of methoxy groups -OCH3 is 1. The number of ketones is 1. The Morgan fingerprint density at radius 2 is 1.84 bits per heavy atom. The fraction of sp³-hybridized carbons (Fsp3) is 0.200. The number of halogens is 1. The first-order chi connectivity index (χ1) is 14.8. The molecule has 31 heavy (non-hydrogen) atoms. The predicted octanol–water partition coefficient (Wildman–Crippen LogP) is 4.77. The SMILES string of the molecule is COc1cccc(C(=O)C[C@@]2(O)C(=O)N(Cc3ccc(C)cc3)c3ccc(Br)cc32)c1. The van der Waals surface area contributed by atoms with Crippen molar-refractivity contribution in [3.8, 4) is 5.75 Å². The third-order valence-electron chi connectivity index (χ3n) is 5.56. The second-order valence-corrected chi connectivity index (χ2v) is 8.65. The Bertz CT molecular complexity index is 1160. The van der Waals surface area contributed by atoms with Crippen LogP contribution >= 0.6 is 15.9 Å². The summed E-state index contributed by atoms with van der Waals surface area (Å²) >= 11 is 3.42. The fourth-order valence-corrected chi connectivity index (χ4v) is 4.22. The molecule has 1 heterocycles. The van der Waals surface area contributed by atoms with E-state index in [-0.39, 0.29) is 12.2 Å². The fourth-order valence-electron chi connectivity index (χ4n) is 3.86. The van der Waals surface area contributed by atoms with E-state index in [1.54, 1.807) is 41.3 Å². The molecule has 0 bridgehead atoms. The van der Waals surface area contributed by atoms with Gasteiger partial charge in [-0.2, -0.15) is 0 Å². The lowest BCUT2D eigenvalue weighted by atomic mass is 9.88. The Labute approximate surface area is 189 Å². The summed E-state index contributed by atoms with van der Waals surface area (Å²) in [6.45, 7) is 2.31. The number of hydrogen-bond donors (Lipinski definition) is 1. The Balaban J connectivity index is 1.69. The van der Waals surface area contributed by atoms with Crippen LogP contribution in [0.15, 0.2) is 71.2 Å². The normalized spacial score (nSPS) is 17.5. The number of aliphatic hydroxyl groups is 1. The first-order valence-electron chi connectivity index (χ1n) is 9.89. The number of Topliss-reactive ketones (excluding diaryl/α,β-unsaturated/α-hetero) is 1. The first-order valence-corrected chi connectivity index (χ1v) is 10.7. The Morgan fingerprint density at radius 1 is 1.10 bits per heavy atom. The lowest BCUT2D eigenvalue weighted by Gasteiger charge is -2.23. The van der Waals surface area contributed by atoms with E-state index in [4.69, 9.17) is 4.74 Å². The van der Waals surface area contributed by atoms with Gasteiger partial charge in [0.25, 0.3) is 5.91 Å². The van der Waals surface area contributed by atoms with Crippen molar-refractivity contribution in [2.75, 3.05) is 12.0 Å². The summed E-state index contributed by atoms with van der Waals surface area (Å²) in [6.07, 6.45) is -0.354. The molecule has 1 amide bonds. The minimum atomic E-state index is -1.94. The average molecular weight is 480 g/mol. The van der Waals surface area contributed by atoms with Gasteiger partial charge >= 0.3 is 0 Å². The molecule has 0 unspecified atom stereocenters. The van der Waals surface area contributed by atoms with Crippen molar-refractivity contribution < 1.29 is 19.4 Å². The molecule has 1 atom stereocenters. The monoisotopic (exact) mass is 479 g/mol. The van der Waals surface area contributed by atoms with Gasteiger partial charge < -0.3 is 14.7 Å². The molecule has 6 heteroatoms. The van der Waals surface area contributed by atoms with Crippen molar-refractivity contribution in [3.63, 3.8) is 0 Å². The maximum absolute atomic E-state index is 13.4. The highest BCUT2D eigenvalue weighted by Crippen LogP contribution is 2.44. The molecule has 3 aromatic carbocycles. The summed E-state index contributed by atoms with van der Waals surface area (Å²) in [5, 5.41) is 11.5. The third kappa shape index (κ3) is 4.01. The highest BCUT2D eigenvalue weighted by Gasteiger charge is 2.51. The van der Waals surface area contributed by atoms with E-state index in [0.717, 1.165) is 15.6 Å². The molecule has 1 aliphatic heterocycles. The van der Waals surface area contributed by atoms with Gasteiger partial charge in [0, 0.05) is 15.6 Å². The molecule has 4 rings (SSSR count). The van der Waals surface area contributed by atoms with Crippen molar-refractivity contribution >= 4 is 33.3 Å². The zero-order valence-corrected chi connectivity index (χ0v) is 18.8. The molecule has 0 saturated carbocycles. The van der Waals surface area contributed by atoms with Crippen LogP contribution in [-0.2, 0) is 16.9 Å². The molecule has 0 spiro atoms.